The van der Waals surface area contributed by atoms with Crippen molar-refractivity contribution < 1.29 is 4.74 Å². The largest absolute Gasteiger partial charge is 0.474 e. The van der Waals surface area contributed by atoms with Crippen LogP contribution in [-0.2, 0) is 0 Å². The highest BCUT2D eigenvalue weighted by Gasteiger charge is 2.29. The molecule has 20 heavy (non-hydrogen) atoms. The van der Waals surface area contributed by atoms with Crippen molar-refractivity contribution in [3.05, 3.63) is 17.0 Å². The lowest BCUT2D eigenvalue weighted by atomic mass is 9.76. The van der Waals surface area contributed by atoms with Gasteiger partial charge in [-0.15, -0.1) is 0 Å². The summed E-state index contributed by atoms with van der Waals surface area (Å²) < 4.78 is 7.79. The van der Waals surface area contributed by atoms with Gasteiger partial charge in [-0.2, -0.15) is 19.6 Å². The van der Waals surface area contributed by atoms with Gasteiger partial charge in [-0.05, 0) is 38.0 Å². The zero-order valence-electron chi connectivity index (χ0n) is 12.1. The number of halogens is 1. The SMILES string of the molecule is Cc1c(Cl)nc2ncnn2c1OC1CCC(C)(C)CC1. The van der Waals surface area contributed by atoms with Crippen LogP contribution in [0.5, 0.6) is 5.88 Å². The van der Waals surface area contributed by atoms with Crippen LogP contribution in [0.1, 0.15) is 45.1 Å². The first kappa shape index (κ1) is 13.6. The Morgan fingerprint density at radius 1 is 1.35 bits per heavy atom. The molecule has 0 N–H and O–H groups in total. The number of nitrogens with zero attached hydrogens (tertiary/aromatic N) is 4. The fourth-order valence-corrected chi connectivity index (χ4v) is 2.82. The van der Waals surface area contributed by atoms with E-state index in [9.17, 15) is 0 Å². The van der Waals surface area contributed by atoms with Crippen molar-refractivity contribution >= 4 is 17.4 Å². The molecule has 0 saturated heterocycles. The Morgan fingerprint density at radius 3 is 2.75 bits per heavy atom. The van der Waals surface area contributed by atoms with Gasteiger partial charge in [0.25, 0.3) is 5.78 Å². The maximum Gasteiger partial charge on any atom is 0.256 e. The van der Waals surface area contributed by atoms with Gasteiger partial charge >= 0.3 is 0 Å². The maximum absolute atomic E-state index is 6.17. The van der Waals surface area contributed by atoms with Gasteiger partial charge in [0.05, 0.1) is 0 Å². The summed E-state index contributed by atoms with van der Waals surface area (Å²) in [7, 11) is 0. The van der Waals surface area contributed by atoms with Crippen molar-refractivity contribution in [2.45, 2.75) is 52.6 Å². The maximum atomic E-state index is 6.17. The first-order valence-corrected chi connectivity index (χ1v) is 7.36. The van der Waals surface area contributed by atoms with Crippen molar-refractivity contribution in [2.75, 3.05) is 0 Å². The fourth-order valence-electron chi connectivity index (χ4n) is 2.66. The second-order valence-electron chi connectivity index (χ2n) is 6.29. The van der Waals surface area contributed by atoms with E-state index < -0.39 is 0 Å². The van der Waals surface area contributed by atoms with Crippen LogP contribution in [0.4, 0.5) is 0 Å². The average Bonchev–Trinajstić information content (AvgIpc) is 2.84. The van der Waals surface area contributed by atoms with E-state index in [1.54, 1.807) is 4.52 Å². The fraction of sp³-hybridized carbons (Fsp3) is 0.643. The Hall–Kier alpha value is -1.36. The first-order valence-electron chi connectivity index (χ1n) is 6.99. The second-order valence-corrected chi connectivity index (χ2v) is 6.64. The van der Waals surface area contributed by atoms with E-state index in [1.165, 1.54) is 19.2 Å². The zero-order valence-corrected chi connectivity index (χ0v) is 12.8. The summed E-state index contributed by atoms with van der Waals surface area (Å²) in [5.41, 5.74) is 1.24. The molecule has 1 aliphatic rings. The Kier molecular flexibility index (Phi) is 3.32. The van der Waals surface area contributed by atoms with E-state index >= 15 is 0 Å². The molecule has 0 radical (unpaired) electrons. The highest BCUT2D eigenvalue weighted by molar-refractivity contribution is 6.30. The molecule has 3 rings (SSSR count). The van der Waals surface area contributed by atoms with E-state index in [2.05, 4.69) is 28.9 Å². The molecule has 0 aromatic carbocycles. The Labute approximate surface area is 123 Å². The monoisotopic (exact) mass is 294 g/mol. The number of aromatic nitrogens is 4. The predicted molar refractivity (Wildman–Crippen MR) is 77.2 cm³/mol. The van der Waals surface area contributed by atoms with Gasteiger partial charge < -0.3 is 4.74 Å². The van der Waals surface area contributed by atoms with Gasteiger partial charge in [0, 0.05) is 5.56 Å². The molecule has 0 amide bonds. The molecular weight excluding hydrogens is 276 g/mol. The number of hydrogen-bond acceptors (Lipinski definition) is 4. The topological polar surface area (TPSA) is 52.3 Å². The smallest absolute Gasteiger partial charge is 0.256 e. The zero-order chi connectivity index (χ0) is 14.3. The lowest BCUT2D eigenvalue weighted by molar-refractivity contribution is 0.0920. The standard InChI is InChI=1S/C14H19ClN4O/c1-9-11(15)18-13-16-8-17-19(13)12(9)20-10-4-6-14(2,3)7-5-10/h8,10H,4-7H2,1-3H3. The number of hydrogen-bond donors (Lipinski definition) is 0. The van der Waals surface area contributed by atoms with Crippen LogP contribution < -0.4 is 4.74 Å². The molecule has 2 heterocycles. The third-order valence-electron chi connectivity index (χ3n) is 4.12. The third kappa shape index (κ3) is 2.46. The predicted octanol–water partition coefficient (Wildman–Crippen LogP) is 3.43. The highest BCUT2D eigenvalue weighted by atomic mass is 35.5. The number of ether oxygens (including phenoxy) is 1. The lowest BCUT2D eigenvalue weighted by Crippen LogP contribution is -2.29. The average molecular weight is 295 g/mol. The van der Waals surface area contributed by atoms with Gasteiger partial charge in [0.2, 0.25) is 5.88 Å². The van der Waals surface area contributed by atoms with Gasteiger partial charge in [0.1, 0.15) is 17.6 Å². The molecule has 5 nitrogen and oxygen atoms in total. The summed E-state index contributed by atoms with van der Waals surface area (Å²) in [6.07, 6.45) is 6.15. The summed E-state index contributed by atoms with van der Waals surface area (Å²) >= 11 is 6.14. The van der Waals surface area contributed by atoms with Crippen molar-refractivity contribution in [3.63, 3.8) is 0 Å². The molecule has 0 bridgehead atoms. The molecule has 0 unspecified atom stereocenters. The molecule has 2 aromatic heterocycles. The van der Waals surface area contributed by atoms with Crippen LogP contribution in [-0.4, -0.2) is 25.7 Å². The van der Waals surface area contributed by atoms with Crippen molar-refractivity contribution in [1.29, 1.82) is 0 Å². The molecular formula is C14H19ClN4O. The summed E-state index contributed by atoms with van der Waals surface area (Å²) in [5, 5.41) is 4.60. The lowest BCUT2D eigenvalue weighted by Gasteiger charge is -2.34. The van der Waals surface area contributed by atoms with E-state index in [0.717, 1.165) is 18.4 Å². The molecule has 6 heteroatoms. The molecule has 1 saturated carbocycles. The highest BCUT2D eigenvalue weighted by Crippen LogP contribution is 2.37. The number of fused-ring (bicyclic) bond motifs is 1. The van der Waals surface area contributed by atoms with Crippen molar-refractivity contribution in [2.24, 2.45) is 5.41 Å². The minimum atomic E-state index is 0.215. The van der Waals surface area contributed by atoms with Crippen LogP contribution in [0, 0.1) is 12.3 Å². The summed E-state index contributed by atoms with van der Waals surface area (Å²) in [5.74, 6) is 1.15. The molecule has 1 aliphatic carbocycles. The molecule has 0 aliphatic heterocycles. The van der Waals surface area contributed by atoms with Crippen LogP contribution in [0.2, 0.25) is 5.15 Å². The van der Waals surface area contributed by atoms with Crippen molar-refractivity contribution in [1.82, 2.24) is 19.6 Å². The van der Waals surface area contributed by atoms with Gasteiger partial charge in [0.15, 0.2) is 0 Å². The summed E-state index contributed by atoms with van der Waals surface area (Å²) in [6, 6.07) is 0. The Balaban J connectivity index is 1.87. The molecule has 1 fully saturated rings. The molecule has 108 valence electrons. The second kappa shape index (κ2) is 4.88. The van der Waals surface area contributed by atoms with Crippen molar-refractivity contribution in [3.8, 4) is 5.88 Å². The first-order chi connectivity index (χ1) is 9.46. The van der Waals surface area contributed by atoms with Gasteiger partial charge in [-0.1, -0.05) is 25.4 Å². The Bertz CT molecular complexity index is 627. The number of rotatable bonds is 2. The molecule has 0 atom stereocenters. The van der Waals surface area contributed by atoms with E-state index in [1.807, 2.05) is 6.92 Å². The third-order valence-corrected chi connectivity index (χ3v) is 4.48. The van der Waals surface area contributed by atoms with Crippen LogP contribution in [0.3, 0.4) is 0 Å². The minimum absolute atomic E-state index is 0.215. The Morgan fingerprint density at radius 2 is 2.05 bits per heavy atom. The van der Waals surface area contributed by atoms with E-state index in [-0.39, 0.29) is 6.10 Å². The van der Waals surface area contributed by atoms with E-state index in [4.69, 9.17) is 16.3 Å². The van der Waals surface area contributed by atoms with E-state index in [0.29, 0.717) is 22.2 Å². The quantitative estimate of drug-likeness (QED) is 0.796. The van der Waals surface area contributed by atoms with Gasteiger partial charge in [-0.25, -0.2) is 0 Å². The molecule has 0 spiro atoms. The van der Waals surface area contributed by atoms with Crippen LogP contribution in [0.15, 0.2) is 6.33 Å². The van der Waals surface area contributed by atoms with Gasteiger partial charge in [-0.3, -0.25) is 0 Å². The van der Waals surface area contributed by atoms with Crippen LogP contribution >= 0.6 is 11.6 Å². The molecule has 2 aromatic rings. The van der Waals surface area contributed by atoms with Crippen LogP contribution in [0.25, 0.3) is 5.78 Å². The minimum Gasteiger partial charge on any atom is -0.474 e. The summed E-state index contributed by atoms with van der Waals surface area (Å²) in [4.78, 5) is 8.26. The summed E-state index contributed by atoms with van der Waals surface area (Å²) in [6.45, 7) is 6.53. The normalized spacial score (nSPS) is 19.4.